The molecule has 0 saturated carbocycles. The maximum absolute atomic E-state index is 8.68. The van der Waals surface area contributed by atoms with E-state index >= 15 is 0 Å². The van der Waals surface area contributed by atoms with Crippen molar-refractivity contribution in [3.8, 4) is 6.07 Å². The number of rotatable bonds is 3. The molecule has 0 aliphatic carbocycles. The maximum Gasteiger partial charge on any atom is 0.107 e. The van der Waals surface area contributed by atoms with Gasteiger partial charge in [0.15, 0.2) is 0 Å². The molecule has 17 heavy (non-hydrogen) atoms. The van der Waals surface area contributed by atoms with Crippen LogP contribution in [0.25, 0.3) is 0 Å². The molecule has 0 aliphatic rings. The Morgan fingerprint density at radius 2 is 2.06 bits per heavy atom. The summed E-state index contributed by atoms with van der Waals surface area (Å²) < 4.78 is 1.70. The number of halogens is 2. The second-order valence-corrected chi connectivity index (χ2v) is 5.97. The Hall–Kier alpha value is -1.02. The summed E-state index contributed by atoms with van der Waals surface area (Å²) in [4.78, 5) is 1.16. The molecule has 1 heterocycles. The van der Waals surface area contributed by atoms with Crippen LogP contribution in [0.15, 0.2) is 34.8 Å². The van der Waals surface area contributed by atoms with E-state index in [0.29, 0.717) is 5.56 Å². The van der Waals surface area contributed by atoms with Gasteiger partial charge in [0.1, 0.15) is 4.34 Å². The van der Waals surface area contributed by atoms with Gasteiger partial charge in [0, 0.05) is 21.6 Å². The second-order valence-electron chi connectivity index (χ2n) is 3.38. The predicted octanol–water partition coefficient (Wildman–Crippen LogP) is 4.65. The number of thiophene rings is 1. The highest BCUT2D eigenvalue weighted by atomic mass is 79.9. The van der Waals surface area contributed by atoms with Gasteiger partial charge in [-0.25, -0.2) is 0 Å². The first kappa shape index (κ1) is 12.4. The zero-order chi connectivity index (χ0) is 12.3. The van der Waals surface area contributed by atoms with E-state index in [9.17, 15) is 0 Å². The van der Waals surface area contributed by atoms with Crippen molar-refractivity contribution in [2.45, 2.75) is 6.54 Å². The molecule has 0 fully saturated rings. The number of benzene rings is 1. The molecule has 86 valence electrons. The van der Waals surface area contributed by atoms with Gasteiger partial charge in [0.05, 0.1) is 11.6 Å². The Labute approximate surface area is 117 Å². The van der Waals surface area contributed by atoms with Crippen molar-refractivity contribution >= 4 is 44.6 Å². The van der Waals surface area contributed by atoms with Gasteiger partial charge in [-0.1, -0.05) is 11.6 Å². The van der Waals surface area contributed by atoms with Gasteiger partial charge < -0.3 is 5.32 Å². The molecule has 0 radical (unpaired) electrons. The van der Waals surface area contributed by atoms with Crippen LogP contribution in [0.1, 0.15) is 10.4 Å². The van der Waals surface area contributed by atoms with Crippen LogP contribution in [-0.4, -0.2) is 0 Å². The molecule has 2 aromatic rings. The number of hydrogen-bond donors (Lipinski definition) is 1. The van der Waals surface area contributed by atoms with Crippen molar-refractivity contribution in [1.29, 1.82) is 5.26 Å². The summed E-state index contributed by atoms with van der Waals surface area (Å²) in [5.74, 6) is 0. The van der Waals surface area contributed by atoms with Crippen LogP contribution in [0.5, 0.6) is 0 Å². The normalized spacial score (nSPS) is 9.94. The summed E-state index contributed by atoms with van der Waals surface area (Å²) in [6, 6.07) is 11.5. The van der Waals surface area contributed by atoms with E-state index in [-0.39, 0.29) is 0 Å². The average molecular weight is 328 g/mol. The van der Waals surface area contributed by atoms with Crippen LogP contribution in [-0.2, 0) is 6.54 Å². The molecule has 2 nitrogen and oxygen atoms in total. The van der Waals surface area contributed by atoms with Gasteiger partial charge in [0.25, 0.3) is 0 Å². The van der Waals surface area contributed by atoms with Crippen LogP contribution < -0.4 is 5.32 Å². The predicted molar refractivity (Wildman–Crippen MR) is 75.5 cm³/mol. The summed E-state index contributed by atoms with van der Waals surface area (Å²) in [6.07, 6.45) is 0. The lowest BCUT2D eigenvalue weighted by Crippen LogP contribution is -1.96. The molecule has 5 heteroatoms. The van der Waals surface area contributed by atoms with Crippen molar-refractivity contribution in [2.75, 3.05) is 5.32 Å². The Kier molecular flexibility index (Phi) is 4.06. The lowest BCUT2D eigenvalue weighted by molar-refractivity contribution is 1.19. The standard InChI is InChI=1S/C12H8BrClN2S/c13-11-5-10(17-12(11)14)7-16-9-3-1-8(6-15)2-4-9/h1-5,16H,7H2. The molecule has 0 bridgehead atoms. The summed E-state index contributed by atoms with van der Waals surface area (Å²) in [6.45, 7) is 0.724. The molecular weight excluding hydrogens is 320 g/mol. The van der Waals surface area contributed by atoms with Crippen LogP contribution in [0, 0.1) is 11.3 Å². The lowest BCUT2D eigenvalue weighted by atomic mass is 10.2. The van der Waals surface area contributed by atoms with Crippen molar-refractivity contribution < 1.29 is 0 Å². The van der Waals surface area contributed by atoms with Crippen LogP contribution in [0.3, 0.4) is 0 Å². The van der Waals surface area contributed by atoms with Gasteiger partial charge >= 0.3 is 0 Å². The van der Waals surface area contributed by atoms with E-state index in [1.54, 1.807) is 23.5 Å². The Morgan fingerprint density at radius 1 is 1.35 bits per heavy atom. The zero-order valence-electron chi connectivity index (χ0n) is 8.71. The van der Waals surface area contributed by atoms with E-state index in [0.717, 1.165) is 25.9 Å². The van der Waals surface area contributed by atoms with Gasteiger partial charge in [-0.2, -0.15) is 5.26 Å². The molecule has 0 unspecified atom stereocenters. The number of nitriles is 1. The second kappa shape index (κ2) is 5.54. The number of nitrogens with zero attached hydrogens (tertiary/aromatic N) is 1. The Morgan fingerprint density at radius 3 is 2.59 bits per heavy atom. The summed E-state index contributed by atoms with van der Waals surface area (Å²) in [5, 5.41) is 12.0. The minimum absolute atomic E-state index is 0.664. The molecule has 0 amide bonds. The summed E-state index contributed by atoms with van der Waals surface area (Å²) in [5.41, 5.74) is 1.65. The van der Waals surface area contributed by atoms with Gasteiger partial charge in [-0.15, -0.1) is 11.3 Å². The first-order valence-corrected chi connectivity index (χ1v) is 6.85. The number of hydrogen-bond acceptors (Lipinski definition) is 3. The third kappa shape index (κ3) is 3.22. The van der Waals surface area contributed by atoms with Crippen LogP contribution >= 0.6 is 38.9 Å². The van der Waals surface area contributed by atoms with Crippen LogP contribution in [0.2, 0.25) is 4.34 Å². The molecule has 1 aromatic carbocycles. The van der Waals surface area contributed by atoms with E-state index < -0.39 is 0 Å². The summed E-state index contributed by atoms with van der Waals surface area (Å²) >= 11 is 10.9. The highest BCUT2D eigenvalue weighted by Crippen LogP contribution is 2.32. The average Bonchev–Trinajstić information content (AvgIpc) is 2.67. The van der Waals surface area contributed by atoms with Crippen LogP contribution in [0.4, 0.5) is 5.69 Å². The number of anilines is 1. The van der Waals surface area contributed by atoms with Gasteiger partial charge in [-0.3, -0.25) is 0 Å². The Balaban J connectivity index is 2.00. The monoisotopic (exact) mass is 326 g/mol. The highest BCUT2D eigenvalue weighted by molar-refractivity contribution is 9.10. The lowest BCUT2D eigenvalue weighted by Gasteiger charge is -2.03. The first-order chi connectivity index (χ1) is 8.19. The third-order valence-corrected chi connectivity index (χ3v) is 4.65. The molecule has 0 atom stereocenters. The topological polar surface area (TPSA) is 35.8 Å². The van der Waals surface area contributed by atoms with Crippen molar-refractivity contribution in [3.05, 3.63) is 49.6 Å². The minimum atomic E-state index is 0.664. The van der Waals surface area contributed by atoms with Crippen molar-refractivity contribution in [2.24, 2.45) is 0 Å². The quantitative estimate of drug-likeness (QED) is 0.891. The third-order valence-electron chi connectivity index (χ3n) is 2.18. The fraction of sp³-hybridized carbons (Fsp3) is 0.0833. The fourth-order valence-corrected chi connectivity index (χ4v) is 3.06. The van der Waals surface area contributed by atoms with E-state index in [4.69, 9.17) is 16.9 Å². The van der Waals surface area contributed by atoms with E-state index in [2.05, 4.69) is 27.3 Å². The Bertz CT molecular complexity index is 537. The van der Waals surface area contributed by atoms with Crippen molar-refractivity contribution in [1.82, 2.24) is 0 Å². The molecule has 1 N–H and O–H groups in total. The maximum atomic E-state index is 8.68. The molecular formula is C12H8BrClN2S. The highest BCUT2D eigenvalue weighted by Gasteiger charge is 2.04. The molecule has 0 saturated heterocycles. The molecule has 1 aromatic heterocycles. The van der Waals surface area contributed by atoms with Gasteiger partial charge in [-0.05, 0) is 46.3 Å². The zero-order valence-corrected chi connectivity index (χ0v) is 11.9. The largest absolute Gasteiger partial charge is 0.380 e. The smallest absolute Gasteiger partial charge is 0.107 e. The summed E-state index contributed by atoms with van der Waals surface area (Å²) in [7, 11) is 0. The SMILES string of the molecule is N#Cc1ccc(NCc2cc(Br)c(Cl)s2)cc1. The number of nitrogens with one attached hydrogen (secondary N) is 1. The molecule has 0 spiro atoms. The first-order valence-electron chi connectivity index (χ1n) is 4.87. The van der Waals surface area contributed by atoms with Crippen molar-refractivity contribution in [3.63, 3.8) is 0 Å². The molecule has 0 aliphatic heterocycles. The minimum Gasteiger partial charge on any atom is -0.380 e. The fourth-order valence-electron chi connectivity index (χ4n) is 1.33. The van der Waals surface area contributed by atoms with E-state index in [1.165, 1.54) is 0 Å². The van der Waals surface area contributed by atoms with Gasteiger partial charge in [0.2, 0.25) is 0 Å². The molecule has 2 rings (SSSR count). The van der Waals surface area contributed by atoms with E-state index in [1.807, 2.05) is 18.2 Å².